The van der Waals surface area contributed by atoms with Crippen molar-refractivity contribution in [1.82, 2.24) is 15.0 Å². The van der Waals surface area contributed by atoms with Crippen molar-refractivity contribution >= 4 is 23.1 Å². The Kier molecular flexibility index (Phi) is 7.62. The van der Waals surface area contributed by atoms with E-state index in [9.17, 15) is 4.79 Å². The Labute approximate surface area is 198 Å². The third-order valence-electron chi connectivity index (χ3n) is 6.02. The van der Waals surface area contributed by atoms with Gasteiger partial charge < -0.3 is 15.0 Å². The van der Waals surface area contributed by atoms with Gasteiger partial charge in [-0.1, -0.05) is 47.1 Å². The standard InChI is InChI=1S/C25H29ClN4O3/c1-2-32-25-24(26)20(27)15-22(28-25)23(31)9-8-17-10-12-30(13-11-17)16-19-14-21(29-33-19)18-6-4-3-5-7-18/h3-7,14-15,17H,2,8-13,16H2,1H3,(H2,27,28). The van der Waals surface area contributed by atoms with Crippen LogP contribution in [0.2, 0.25) is 5.02 Å². The maximum atomic E-state index is 12.7. The lowest BCUT2D eigenvalue weighted by Gasteiger charge is -2.31. The molecule has 0 aliphatic carbocycles. The summed E-state index contributed by atoms with van der Waals surface area (Å²) in [5.41, 5.74) is 8.47. The molecule has 3 aromatic rings. The van der Waals surface area contributed by atoms with Crippen LogP contribution in [0.3, 0.4) is 0 Å². The Morgan fingerprint density at radius 3 is 2.73 bits per heavy atom. The number of ketones is 1. The van der Waals surface area contributed by atoms with E-state index in [1.54, 1.807) is 0 Å². The fourth-order valence-corrected chi connectivity index (χ4v) is 4.30. The van der Waals surface area contributed by atoms with Crippen molar-refractivity contribution in [2.45, 2.75) is 39.2 Å². The highest BCUT2D eigenvalue weighted by atomic mass is 35.5. The second-order valence-corrected chi connectivity index (χ2v) is 8.75. The maximum absolute atomic E-state index is 12.7. The molecule has 1 aliphatic heterocycles. The van der Waals surface area contributed by atoms with Crippen LogP contribution in [0, 0.1) is 5.92 Å². The summed E-state index contributed by atoms with van der Waals surface area (Å²) in [5, 5.41) is 4.46. The molecule has 0 amide bonds. The average molecular weight is 469 g/mol. The number of piperidine rings is 1. The lowest BCUT2D eigenvalue weighted by Crippen LogP contribution is -2.33. The lowest BCUT2D eigenvalue weighted by molar-refractivity contribution is 0.0954. The number of carbonyl (C=O) groups excluding carboxylic acids is 1. The normalized spacial score (nSPS) is 15.0. The number of halogens is 1. The van der Waals surface area contributed by atoms with Gasteiger partial charge in [0, 0.05) is 18.1 Å². The topological polar surface area (TPSA) is 94.5 Å². The van der Waals surface area contributed by atoms with Crippen LogP contribution < -0.4 is 10.5 Å². The molecule has 1 saturated heterocycles. The van der Waals surface area contributed by atoms with E-state index in [2.05, 4.69) is 15.0 Å². The highest BCUT2D eigenvalue weighted by Crippen LogP contribution is 2.30. The number of benzene rings is 1. The number of hydrogen-bond donors (Lipinski definition) is 1. The van der Waals surface area contributed by atoms with Gasteiger partial charge in [0.05, 0.1) is 18.8 Å². The summed E-state index contributed by atoms with van der Waals surface area (Å²) in [6.07, 6.45) is 3.37. The summed E-state index contributed by atoms with van der Waals surface area (Å²) in [7, 11) is 0. The molecule has 4 rings (SSSR count). The highest BCUT2D eigenvalue weighted by Gasteiger charge is 2.22. The van der Waals surface area contributed by atoms with Crippen molar-refractivity contribution in [2.75, 3.05) is 25.4 Å². The number of nitrogen functional groups attached to an aromatic ring is 1. The summed E-state index contributed by atoms with van der Waals surface area (Å²) in [6.45, 7) is 4.94. The van der Waals surface area contributed by atoms with Crippen LogP contribution in [-0.2, 0) is 6.54 Å². The fraction of sp³-hybridized carbons (Fsp3) is 0.400. The molecule has 0 atom stereocenters. The van der Waals surface area contributed by atoms with Crippen LogP contribution in [0.1, 0.15) is 48.9 Å². The number of nitrogens with two attached hydrogens (primary N) is 1. The zero-order chi connectivity index (χ0) is 23.2. The van der Waals surface area contributed by atoms with Gasteiger partial charge in [0.1, 0.15) is 16.4 Å². The number of ether oxygens (including phenoxy) is 1. The van der Waals surface area contributed by atoms with E-state index in [1.165, 1.54) is 6.07 Å². The molecular weight excluding hydrogens is 440 g/mol. The quantitative estimate of drug-likeness (QED) is 0.428. The number of hydrogen-bond acceptors (Lipinski definition) is 7. The van der Waals surface area contributed by atoms with Gasteiger partial charge >= 0.3 is 0 Å². The second-order valence-electron chi connectivity index (χ2n) is 8.37. The number of anilines is 1. The average Bonchev–Trinajstić information content (AvgIpc) is 3.30. The zero-order valence-corrected chi connectivity index (χ0v) is 19.6. The predicted octanol–water partition coefficient (Wildman–Crippen LogP) is 5.25. The Balaban J connectivity index is 1.25. The molecule has 0 saturated carbocycles. The van der Waals surface area contributed by atoms with Crippen LogP contribution in [-0.4, -0.2) is 40.5 Å². The first-order valence-electron chi connectivity index (χ1n) is 11.4. The van der Waals surface area contributed by atoms with Crippen molar-refractivity contribution in [3.8, 4) is 17.1 Å². The minimum Gasteiger partial charge on any atom is -0.477 e. The summed E-state index contributed by atoms with van der Waals surface area (Å²) in [4.78, 5) is 19.3. The first-order chi connectivity index (χ1) is 16.0. The van der Waals surface area contributed by atoms with E-state index < -0.39 is 0 Å². The largest absolute Gasteiger partial charge is 0.477 e. The van der Waals surface area contributed by atoms with Gasteiger partial charge in [0.2, 0.25) is 5.88 Å². The summed E-state index contributed by atoms with van der Waals surface area (Å²) in [5.74, 6) is 1.57. The number of carbonyl (C=O) groups is 1. The molecule has 2 aromatic heterocycles. The van der Waals surface area contributed by atoms with Crippen LogP contribution in [0.15, 0.2) is 47.0 Å². The monoisotopic (exact) mass is 468 g/mol. The third-order valence-corrected chi connectivity index (χ3v) is 6.40. The molecule has 1 aromatic carbocycles. The number of Topliss-reactive ketones (excluding diaryl/α,β-unsaturated/α-hetero) is 1. The first-order valence-corrected chi connectivity index (χ1v) is 11.8. The van der Waals surface area contributed by atoms with Gasteiger partial charge in [0.15, 0.2) is 11.5 Å². The molecule has 0 spiro atoms. The van der Waals surface area contributed by atoms with Crippen LogP contribution in [0.25, 0.3) is 11.3 Å². The van der Waals surface area contributed by atoms with Crippen molar-refractivity contribution in [2.24, 2.45) is 5.92 Å². The van der Waals surface area contributed by atoms with E-state index >= 15 is 0 Å². The number of aromatic nitrogens is 2. The number of likely N-dealkylation sites (tertiary alicyclic amines) is 1. The van der Waals surface area contributed by atoms with E-state index in [0.29, 0.717) is 30.3 Å². The molecule has 3 heterocycles. The Morgan fingerprint density at radius 2 is 2.00 bits per heavy atom. The highest BCUT2D eigenvalue weighted by molar-refractivity contribution is 6.34. The van der Waals surface area contributed by atoms with Gasteiger partial charge in [-0.05, 0) is 51.3 Å². The zero-order valence-electron chi connectivity index (χ0n) is 18.8. The summed E-state index contributed by atoms with van der Waals surface area (Å²) in [6, 6.07) is 13.6. The second kappa shape index (κ2) is 10.8. The Hall–Kier alpha value is -2.90. The summed E-state index contributed by atoms with van der Waals surface area (Å²) < 4.78 is 10.9. The molecule has 0 unspecified atom stereocenters. The summed E-state index contributed by atoms with van der Waals surface area (Å²) >= 11 is 6.11. The van der Waals surface area contributed by atoms with Crippen LogP contribution in [0.4, 0.5) is 5.69 Å². The van der Waals surface area contributed by atoms with E-state index in [-0.39, 0.29) is 16.7 Å². The van der Waals surface area contributed by atoms with Gasteiger partial charge in [0.25, 0.3) is 0 Å². The van der Waals surface area contributed by atoms with Gasteiger partial charge in [-0.2, -0.15) is 0 Å². The predicted molar refractivity (Wildman–Crippen MR) is 128 cm³/mol. The molecule has 0 radical (unpaired) electrons. The third kappa shape index (κ3) is 5.92. The van der Waals surface area contributed by atoms with Crippen molar-refractivity contribution in [1.29, 1.82) is 0 Å². The van der Waals surface area contributed by atoms with Gasteiger partial charge in [-0.3, -0.25) is 9.69 Å². The molecule has 174 valence electrons. The minimum atomic E-state index is -0.0307. The number of pyridine rings is 1. The Bertz CT molecular complexity index is 1080. The SMILES string of the molecule is CCOc1nc(C(=O)CCC2CCN(Cc3cc(-c4ccccc4)no3)CC2)cc(N)c1Cl. The minimum absolute atomic E-state index is 0.0307. The van der Waals surface area contributed by atoms with Crippen LogP contribution >= 0.6 is 11.6 Å². The van der Waals surface area contributed by atoms with Crippen molar-refractivity contribution in [3.63, 3.8) is 0 Å². The number of rotatable bonds is 9. The molecule has 8 heteroatoms. The van der Waals surface area contributed by atoms with Gasteiger partial charge in [-0.15, -0.1) is 0 Å². The molecular formula is C25H29ClN4O3. The van der Waals surface area contributed by atoms with E-state index in [4.69, 9.17) is 26.6 Å². The first kappa shape index (κ1) is 23.3. The Morgan fingerprint density at radius 1 is 1.24 bits per heavy atom. The molecule has 2 N–H and O–H groups in total. The smallest absolute Gasteiger partial charge is 0.235 e. The van der Waals surface area contributed by atoms with E-state index in [1.807, 2.05) is 43.3 Å². The number of nitrogens with zero attached hydrogens (tertiary/aromatic N) is 3. The maximum Gasteiger partial charge on any atom is 0.235 e. The molecule has 1 aliphatic rings. The molecule has 33 heavy (non-hydrogen) atoms. The molecule has 7 nitrogen and oxygen atoms in total. The van der Waals surface area contributed by atoms with Gasteiger partial charge in [-0.25, -0.2) is 4.98 Å². The van der Waals surface area contributed by atoms with Crippen molar-refractivity contribution < 1.29 is 14.1 Å². The van der Waals surface area contributed by atoms with Crippen molar-refractivity contribution in [3.05, 3.63) is 58.9 Å². The van der Waals surface area contributed by atoms with E-state index in [0.717, 1.165) is 55.9 Å². The van der Waals surface area contributed by atoms with Crippen LogP contribution in [0.5, 0.6) is 5.88 Å². The fourth-order valence-electron chi connectivity index (χ4n) is 4.15. The lowest BCUT2D eigenvalue weighted by atomic mass is 9.91. The molecule has 1 fully saturated rings. The molecule has 0 bridgehead atoms.